The fourth-order valence-corrected chi connectivity index (χ4v) is 2.32. The van der Waals surface area contributed by atoms with Gasteiger partial charge in [0.15, 0.2) is 0 Å². The highest BCUT2D eigenvalue weighted by Crippen LogP contribution is 2.09. The molecule has 107 valence electrons. The molecule has 1 atom stereocenters. The molecule has 2 rings (SSSR count). The van der Waals surface area contributed by atoms with Crippen LogP contribution in [0.15, 0.2) is 24.3 Å². The Morgan fingerprint density at radius 3 is 2.50 bits per heavy atom. The predicted molar refractivity (Wildman–Crippen MR) is 73.5 cm³/mol. The maximum atomic E-state index is 12.8. The van der Waals surface area contributed by atoms with E-state index in [2.05, 4.69) is 5.32 Å². The molecule has 1 aliphatic rings. The van der Waals surface area contributed by atoms with Crippen molar-refractivity contribution >= 4 is 12.3 Å². The summed E-state index contributed by atoms with van der Waals surface area (Å²) >= 11 is 0. The Kier molecular flexibility index (Phi) is 5.09. The maximum absolute atomic E-state index is 12.8. The van der Waals surface area contributed by atoms with Crippen molar-refractivity contribution in [3.8, 4) is 0 Å². The van der Waals surface area contributed by atoms with Crippen molar-refractivity contribution in [2.45, 2.75) is 31.7 Å². The minimum Gasteiger partial charge on any atom is -0.327 e. The van der Waals surface area contributed by atoms with Gasteiger partial charge in [-0.2, -0.15) is 0 Å². The second-order valence-electron chi connectivity index (χ2n) is 5.00. The van der Waals surface area contributed by atoms with Crippen LogP contribution in [0.3, 0.4) is 0 Å². The van der Waals surface area contributed by atoms with Gasteiger partial charge >= 0.3 is 6.03 Å². The first kappa shape index (κ1) is 14.5. The van der Waals surface area contributed by atoms with Crippen molar-refractivity contribution in [2.24, 2.45) is 0 Å². The third-order valence-electron chi connectivity index (χ3n) is 3.44. The molecule has 1 unspecified atom stereocenters. The van der Waals surface area contributed by atoms with E-state index in [4.69, 9.17) is 0 Å². The third-order valence-corrected chi connectivity index (χ3v) is 3.44. The molecule has 0 bridgehead atoms. The van der Waals surface area contributed by atoms with E-state index in [1.54, 1.807) is 17.0 Å². The number of nitrogens with one attached hydrogen (secondary N) is 1. The molecule has 20 heavy (non-hydrogen) atoms. The highest BCUT2D eigenvalue weighted by Gasteiger charge is 2.20. The first-order chi connectivity index (χ1) is 9.69. The van der Waals surface area contributed by atoms with E-state index >= 15 is 0 Å². The van der Waals surface area contributed by atoms with Crippen LogP contribution < -0.4 is 5.32 Å². The second kappa shape index (κ2) is 7.03. The molecule has 0 saturated carbocycles. The summed E-state index contributed by atoms with van der Waals surface area (Å²) in [5, 5.41) is 2.67. The monoisotopic (exact) mass is 277 g/mol. The molecular weight excluding hydrogens is 259 g/mol. The van der Waals surface area contributed by atoms with Gasteiger partial charge in [0, 0.05) is 19.5 Å². The quantitative estimate of drug-likeness (QED) is 0.915. The molecule has 1 fully saturated rings. The topological polar surface area (TPSA) is 49.4 Å². The summed E-state index contributed by atoms with van der Waals surface area (Å²) in [6, 6.07) is 4.96. The van der Waals surface area contributed by atoms with Crippen LogP contribution >= 0.6 is 0 Å². The average Bonchev–Trinajstić information content (AvgIpc) is 2.49. The number of urea groups is 1. The SMILES string of the molecule is O=[C]C(Cc1ccc(F)cc1)NC(=O)N1CCCCC1. The van der Waals surface area contributed by atoms with Crippen molar-refractivity contribution in [2.75, 3.05) is 13.1 Å². The molecule has 2 amide bonds. The predicted octanol–water partition coefficient (Wildman–Crippen LogP) is 2.04. The molecule has 1 radical (unpaired) electrons. The number of rotatable bonds is 4. The Bertz CT molecular complexity index is 455. The molecule has 0 aromatic heterocycles. The Labute approximate surface area is 118 Å². The molecule has 1 saturated heterocycles. The summed E-state index contributed by atoms with van der Waals surface area (Å²) in [7, 11) is 0. The highest BCUT2D eigenvalue weighted by atomic mass is 19.1. The van der Waals surface area contributed by atoms with Crippen molar-refractivity contribution in [3.05, 3.63) is 35.6 Å². The van der Waals surface area contributed by atoms with Gasteiger partial charge in [0.2, 0.25) is 6.29 Å². The molecular formula is C15H18FN2O2. The number of halogens is 1. The number of hydrogen-bond acceptors (Lipinski definition) is 2. The second-order valence-corrected chi connectivity index (χ2v) is 5.00. The molecule has 1 aliphatic heterocycles. The summed E-state index contributed by atoms with van der Waals surface area (Å²) in [6.45, 7) is 1.46. The van der Waals surface area contributed by atoms with Crippen molar-refractivity contribution in [3.63, 3.8) is 0 Å². The minimum absolute atomic E-state index is 0.222. The van der Waals surface area contributed by atoms with Crippen LogP contribution in [0, 0.1) is 5.82 Å². The van der Waals surface area contributed by atoms with E-state index in [0.717, 1.165) is 37.9 Å². The zero-order chi connectivity index (χ0) is 14.4. The summed E-state index contributed by atoms with van der Waals surface area (Å²) in [5.74, 6) is -0.322. The fourth-order valence-electron chi connectivity index (χ4n) is 2.32. The summed E-state index contributed by atoms with van der Waals surface area (Å²) in [6.07, 6.45) is 5.30. The number of nitrogens with zero attached hydrogens (tertiary/aromatic N) is 1. The minimum atomic E-state index is -0.699. The summed E-state index contributed by atoms with van der Waals surface area (Å²) in [5.41, 5.74) is 0.790. The molecule has 4 nitrogen and oxygen atoms in total. The lowest BCUT2D eigenvalue weighted by molar-refractivity contribution is 0.185. The Morgan fingerprint density at radius 2 is 1.90 bits per heavy atom. The average molecular weight is 277 g/mol. The number of carbonyl (C=O) groups excluding carboxylic acids is 2. The number of amides is 2. The summed E-state index contributed by atoms with van der Waals surface area (Å²) < 4.78 is 12.8. The summed E-state index contributed by atoms with van der Waals surface area (Å²) in [4.78, 5) is 24.7. The Balaban J connectivity index is 1.89. The number of benzene rings is 1. The van der Waals surface area contributed by atoms with E-state index < -0.39 is 6.04 Å². The molecule has 5 heteroatoms. The standard InChI is InChI=1S/C15H18FN2O2/c16-13-6-4-12(5-7-13)10-14(11-19)17-15(20)18-8-2-1-3-9-18/h4-7,14H,1-3,8-10H2,(H,17,20). The van der Waals surface area contributed by atoms with Gasteiger partial charge in [-0.3, -0.25) is 4.79 Å². The van der Waals surface area contributed by atoms with E-state index in [0.29, 0.717) is 6.42 Å². The van der Waals surface area contributed by atoms with Crippen molar-refractivity contribution < 1.29 is 14.0 Å². The van der Waals surface area contributed by atoms with Gasteiger partial charge in [0.25, 0.3) is 0 Å². The van der Waals surface area contributed by atoms with E-state index in [1.165, 1.54) is 12.1 Å². The van der Waals surface area contributed by atoms with Gasteiger partial charge in [-0.15, -0.1) is 0 Å². The Morgan fingerprint density at radius 1 is 1.25 bits per heavy atom. The number of likely N-dealkylation sites (tertiary alicyclic amines) is 1. The lowest BCUT2D eigenvalue weighted by Crippen LogP contribution is -2.48. The van der Waals surface area contributed by atoms with Gasteiger partial charge in [-0.25, -0.2) is 9.18 Å². The van der Waals surface area contributed by atoms with Crippen LogP contribution in [0.4, 0.5) is 9.18 Å². The lowest BCUT2D eigenvalue weighted by atomic mass is 10.1. The number of hydrogen-bond donors (Lipinski definition) is 1. The van der Waals surface area contributed by atoms with Gasteiger partial charge in [0.05, 0.1) is 0 Å². The van der Waals surface area contributed by atoms with Crippen LogP contribution in [0.1, 0.15) is 24.8 Å². The van der Waals surface area contributed by atoms with Gasteiger partial charge in [-0.05, 0) is 37.0 Å². The maximum Gasteiger partial charge on any atom is 0.318 e. The molecule has 0 aliphatic carbocycles. The first-order valence-corrected chi connectivity index (χ1v) is 6.86. The molecule has 1 aromatic carbocycles. The molecule has 0 spiro atoms. The fraction of sp³-hybridized carbons (Fsp3) is 0.467. The van der Waals surface area contributed by atoms with Crippen LogP contribution in [-0.4, -0.2) is 36.3 Å². The largest absolute Gasteiger partial charge is 0.327 e. The first-order valence-electron chi connectivity index (χ1n) is 6.86. The zero-order valence-corrected chi connectivity index (χ0v) is 11.3. The van der Waals surface area contributed by atoms with Gasteiger partial charge in [0.1, 0.15) is 11.9 Å². The van der Waals surface area contributed by atoms with E-state index in [9.17, 15) is 14.0 Å². The Hall–Kier alpha value is -1.91. The third kappa shape index (κ3) is 4.05. The molecule has 1 aromatic rings. The van der Waals surface area contributed by atoms with Crippen LogP contribution in [0.2, 0.25) is 0 Å². The van der Waals surface area contributed by atoms with Crippen molar-refractivity contribution in [1.29, 1.82) is 0 Å². The van der Waals surface area contributed by atoms with Crippen LogP contribution in [0.25, 0.3) is 0 Å². The lowest BCUT2D eigenvalue weighted by Gasteiger charge is -2.28. The highest BCUT2D eigenvalue weighted by molar-refractivity contribution is 5.78. The van der Waals surface area contributed by atoms with E-state index in [1.807, 2.05) is 6.29 Å². The van der Waals surface area contributed by atoms with Gasteiger partial charge in [-0.1, -0.05) is 12.1 Å². The molecule has 1 heterocycles. The smallest absolute Gasteiger partial charge is 0.318 e. The normalized spacial score (nSPS) is 16.6. The zero-order valence-electron chi connectivity index (χ0n) is 11.3. The number of carbonyl (C=O) groups is 1. The number of piperidine rings is 1. The van der Waals surface area contributed by atoms with Crippen LogP contribution in [0.5, 0.6) is 0 Å². The molecule has 1 N–H and O–H groups in total. The van der Waals surface area contributed by atoms with E-state index in [-0.39, 0.29) is 11.8 Å². The van der Waals surface area contributed by atoms with Gasteiger partial charge < -0.3 is 10.2 Å². The van der Waals surface area contributed by atoms with Crippen molar-refractivity contribution in [1.82, 2.24) is 10.2 Å². The van der Waals surface area contributed by atoms with Crippen LogP contribution in [-0.2, 0) is 11.2 Å².